The minimum absolute atomic E-state index is 0.489. The molecule has 1 unspecified atom stereocenters. The second kappa shape index (κ2) is 6.42. The van der Waals surface area contributed by atoms with E-state index in [9.17, 15) is 0 Å². The van der Waals surface area contributed by atoms with E-state index in [-0.39, 0.29) is 0 Å². The molecule has 1 aromatic heterocycles. The van der Waals surface area contributed by atoms with Gasteiger partial charge in [0.25, 0.3) is 0 Å². The van der Waals surface area contributed by atoms with Crippen LogP contribution in [0.5, 0.6) is 0 Å². The zero-order valence-electron chi connectivity index (χ0n) is 11.6. The molecule has 0 aromatic carbocycles. The van der Waals surface area contributed by atoms with E-state index >= 15 is 0 Å². The number of nitrogens with zero attached hydrogens (tertiary/aromatic N) is 3. The van der Waals surface area contributed by atoms with Gasteiger partial charge in [0, 0.05) is 25.7 Å². The third-order valence-corrected chi connectivity index (χ3v) is 2.99. The summed E-state index contributed by atoms with van der Waals surface area (Å²) >= 11 is 0. The predicted molar refractivity (Wildman–Crippen MR) is 73.7 cm³/mol. The average molecular weight is 236 g/mol. The Balaban J connectivity index is 2.88. The van der Waals surface area contributed by atoms with Crippen LogP contribution in [0.2, 0.25) is 0 Å². The van der Waals surface area contributed by atoms with E-state index in [2.05, 4.69) is 48.0 Å². The van der Waals surface area contributed by atoms with Gasteiger partial charge in [-0.3, -0.25) is 0 Å². The first-order chi connectivity index (χ1) is 8.08. The van der Waals surface area contributed by atoms with Crippen molar-refractivity contribution in [2.24, 2.45) is 0 Å². The second-order valence-corrected chi connectivity index (χ2v) is 4.45. The van der Waals surface area contributed by atoms with E-state index in [4.69, 9.17) is 0 Å². The molecule has 0 radical (unpaired) electrons. The number of anilines is 2. The monoisotopic (exact) mass is 236 g/mol. The summed E-state index contributed by atoms with van der Waals surface area (Å²) in [5.41, 5.74) is 0. The highest BCUT2D eigenvalue weighted by Crippen LogP contribution is 2.17. The lowest BCUT2D eigenvalue weighted by atomic mass is 10.2. The van der Waals surface area contributed by atoms with Gasteiger partial charge in [0.1, 0.15) is 17.5 Å². The molecule has 4 heteroatoms. The molecule has 96 valence electrons. The van der Waals surface area contributed by atoms with E-state index in [1.54, 1.807) is 0 Å². The molecular formula is C13H24N4. The van der Waals surface area contributed by atoms with Crippen molar-refractivity contribution in [2.75, 3.05) is 23.8 Å². The van der Waals surface area contributed by atoms with Crippen LogP contribution in [0.1, 0.15) is 39.4 Å². The molecule has 0 aliphatic carbocycles. The standard InChI is InChI=1S/C13H24N4/c1-6-8-14-12-9-13(16-11(4)15-12)17(5)10(3)7-2/h9-10H,6-8H2,1-5H3,(H,14,15,16). The zero-order chi connectivity index (χ0) is 12.8. The maximum absolute atomic E-state index is 4.49. The average Bonchev–Trinajstić information content (AvgIpc) is 2.33. The minimum Gasteiger partial charge on any atom is -0.370 e. The molecule has 0 aliphatic rings. The Morgan fingerprint density at radius 2 is 2.06 bits per heavy atom. The Kier molecular flexibility index (Phi) is 5.19. The molecule has 0 saturated heterocycles. The van der Waals surface area contributed by atoms with Crippen molar-refractivity contribution in [2.45, 2.75) is 46.6 Å². The highest BCUT2D eigenvalue weighted by molar-refractivity contribution is 5.49. The summed E-state index contributed by atoms with van der Waals surface area (Å²) in [6.07, 6.45) is 2.21. The smallest absolute Gasteiger partial charge is 0.134 e. The summed E-state index contributed by atoms with van der Waals surface area (Å²) in [5, 5.41) is 3.31. The fourth-order valence-corrected chi connectivity index (χ4v) is 1.58. The van der Waals surface area contributed by atoms with E-state index in [1.165, 1.54) is 0 Å². The van der Waals surface area contributed by atoms with Crippen LogP contribution in [0.25, 0.3) is 0 Å². The van der Waals surface area contributed by atoms with E-state index in [0.29, 0.717) is 6.04 Å². The number of aryl methyl sites for hydroxylation is 1. The Labute approximate surface area is 104 Å². The molecule has 1 atom stereocenters. The van der Waals surface area contributed by atoms with Crippen LogP contribution in [0.15, 0.2) is 6.07 Å². The molecular weight excluding hydrogens is 212 g/mol. The lowest BCUT2D eigenvalue weighted by Gasteiger charge is -2.25. The van der Waals surface area contributed by atoms with E-state index < -0.39 is 0 Å². The first-order valence-corrected chi connectivity index (χ1v) is 6.40. The van der Waals surface area contributed by atoms with Gasteiger partial charge in [-0.1, -0.05) is 13.8 Å². The van der Waals surface area contributed by atoms with E-state index in [1.807, 2.05) is 13.0 Å². The maximum atomic E-state index is 4.49. The van der Waals surface area contributed by atoms with Gasteiger partial charge >= 0.3 is 0 Å². The molecule has 0 spiro atoms. The molecule has 1 rings (SSSR count). The molecule has 0 fully saturated rings. The first-order valence-electron chi connectivity index (χ1n) is 6.40. The van der Waals surface area contributed by atoms with Crippen LogP contribution in [-0.2, 0) is 0 Å². The fraction of sp³-hybridized carbons (Fsp3) is 0.692. The molecule has 1 heterocycles. The highest BCUT2D eigenvalue weighted by atomic mass is 15.2. The van der Waals surface area contributed by atoms with Crippen molar-refractivity contribution in [1.29, 1.82) is 0 Å². The normalized spacial score (nSPS) is 12.3. The summed E-state index contributed by atoms with van der Waals surface area (Å²) in [4.78, 5) is 11.1. The maximum Gasteiger partial charge on any atom is 0.134 e. The molecule has 0 aliphatic heterocycles. The summed E-state index contributed by atoms with van der Waals surface area (Å²) in [5.74, 6) is 2.73. The number of hydrogen-bond donors (Lipinski definition) is 1. The molecule has 0 saturated carbocycles. The van der Waals surface area contributed by atoms with Gasteiger partial charge in [0.15, 0.2) is 0 Å². The second-order valence-electron chi connectivity index (χ2n) is 4.45. The van der Waals surface area contributed by atoms with Crippen molar-refractivity contribution in [3.63, 3.8) is 0 Å². The topological polar surface area (TPSA) is 41.0 Å². The predicted octanol–water partition coefficient (Wildman–Crippen LogP) is 2.84. The Morgan fingerprint density at radius 1 is 1.35 bits per heavy atom. The number of rotatable bonds is 6. The van der Waals surface area contributed by atoms with Crippen molar-refractivity contribution >= 4 is 11.6 Å². The number of aromatic nitrogens is 2. The summed E-state index contributed by atoms with van der Waals surface area (Å²) in [6.45, 7) is 9.42. The zero-order valence-corrected chi connectivity index (χ0v) is 11.6. The van der Waals surface area contributed by atoms with Gasteiger partial charge < -0.3 is 10.2 Å². The summed E-state index contributed by atoms with van der Waals surface area (Å²) in [6, 6.07) is 2.51. The third-order valence-electron chi connectivity index (χ3n) is 2.99. The number of hydrogen-bond acceptors (Lipinski definition) is 4. The van der Waals surface area contributed by atoms with Crippen molar-refractivity contribution in [1.82, 2.24) is 9.97 Å². The van der Waals surface area contributed by atoms with Crippen LogP contribution in [0.3, 0.4) is 0 Å². The van der Waals surface area contributed by atoms with Crippen LogP contribution in [0, 0.1) is 6.92 Å². The highest BCUT2D eigenvalue weighted by Gasteiger charge is 2.11. The minimum atomic E-state index is 0.489. The number of nitrogens with one attached hydrogen (secondary N) is 1. The van der Waals surface area contributed by atoms with E-state index in [0.717, 1.165) is 36.8 Å². The largest absolute Gasteiger partial charge is 0.370 e. The Bertz CT molecular complexity index is 351. The fourth-order valence-electron chi connectivity index (χ4n) is 1.58. The van der Waals surface area contributed by atoms with Crippen LogP contribution in [-0.4, -0.2) is 29.6 Å². The first kappa shape index (κ1) is 13.7. The van der Waals surface area contributed by atoms with Gasteiger partial charge in [-0.05, 0) is 26.7 Å². The SMILES string of the molecule is CCCNc1cc(N(C)C(C)CC)nc(C)n1. The quantitative estimate of drug-likeness (QED) is 0.824. The third kappa shape index (κ3) is 3.88. The van der Waals surface area contributed by atoms with Crippen LogP contribution >= 0.6 is 0 Å². The van der Waals surface area contributed by atoms with Crippen molar-refractivity contribution in [3.8, 4) is 0 Å². The van der Waals surface area contributed by atoms with Crippen LogP contribution < -0.4 is 10.2 Å². The summed E-state index contributed by atoms with van der Waals surface area (Å²) < 4.78 is 0. The lowest BCUT2D eigenvalue weighted by Crippen LogP contribution is -2.29. The van der Waals surface area contributed by atoms with Crippen molar-refractivity contribution in [3.05, 3.63) is 11.9 Å². The lowest BCUT2D eigenvalue weighted by molar-refractivity contribution is 0.655. The van der Waals surface area contributed by atoms with Gasteiger partial charge in [-0.15, -0.1) is 0 Å². The molecule has 4 nitrogen and oxygen atoms in total. The molecule has 0 bridgehead atoms. The van der Waals surface area contributed by atoms with Gasteiger partial charge in [0.05, 0.1) is 0 Å². The Hall–Kier alpha value is -1.32. The molecule has 17 heavy (non-hydrogen) atoms. The van der Waals surface area contributed by atoms with Gasteiger partial charge in [-0.25, -0.2) is 9.97 Å². The van der Waals surface area contributed by atoms with Crippen molar-refractivity contribution < 1.29 is 0 Å². The van der Waals surface area contributed by atoms with Crippen LogP contribution in [0.4, 0.5) is 11.6 Å². The molecule has 1 aromatic rings. The Morgan fingerprint density at radius 3 is 2.65 bits per heavy atom. The summed E-state index contributed by atoms with van der Waals surface area (Å²) in [7, 11) is 2.08. The van der Waals surface area contributed by atoms with Gasteiger partial charge in [-0.2, -0.15) is 0 Å². The molecule has 1 N–H and O–H groups in total. The molecule has 0 amide bonds. The van der Waals surface area contributed by atoms with Gasteiger partial charge in [0.2, 0.25) is 0 Å².